The molecule has 6 nitrogen and oxygen atoms in total. The van der Waals surface area contributed by atoms with Crippen LogP contribution in [0.15, 0.2) is 24.3 Å². The predicted molar refractivity (Wildman–Crippen MR) is 78.1 cm³/mol. The largest absolute Gasteiger partial charge is 0.481 e. The van der Waals surface area contributed by atoms with Crippen LogP contribution in [0.5, 0.6) is 5.75 Å². The summed E-state index contributed by atoms with van der Waals surface area (Å²) in [5, 5.41) is 13.4. The molecule has 112 valence electrons. The van der Waals surface area contributed by atoms with Crippen molar-refractivity contribution in [1.82, 2.24) is 10.6 Å². The number of hydrogen-bond acceptors (Lipinski definition) is 3. The van der Waals surface area contributed by atoms with Crippen molar-refractivity contribution in [1.29, 1.82) is 0 Å². The molecule has 0 saturated heterocycles. The first kappa shape index (κ1) is 16.4. The molecule has 0 saturated carbocycles. The van der Waals surface area contributed by atoms with E-state index in [1.54, 1.807) is 31.2 Å². The summed E-state index contributed by atoms with van der Waals surface area (Å²) in [5.74, 6) is 5.81. The Morgan fingerprint density at radius 2 is 2.00 bits per heavy atom. The minimum atomic E-state index is -1.23. The summed E-state index contributed by atoms with van der Waals surface area (Å²) < 4.78 is 5.38. The molecule has 1 aromatic carbocycles. The van der Waals surface area contributed by atoms with Crippen molar-refractivity contribution in [3.63, 3.8) is 0 Å². The second kappa shape index (κ2) is 8.48. The lowest BCUT2D eigenvalue weighted by molar-refractivity contribution is -0.122. The molecule has 0 aliphatic carbocycles. The summed E-state index contributed by atoms with van der Waals surface area (Å²) in [7, 11) is 1.46. The van der Waals surface area contributed by atoms with Gasteiger partial charge in [-0.3, -0.25) is 4.79 Å². The van der Waals surface area contributed by atoms with Gasteiger partial charge in [0.1, 0.15) is 18.4 Å². The van der Waals surface area contributed by atoms with Crippen LogP contribution in [0.4, 0.5) is 4.79 Å². The second-order valence-electron chi connectivity index (χ2n) is 4.18. The number of nitrogens with one attached hydrogen (secondary N) is 2. The van der Waals surface area contributed by atoms with E-state index in [1.165, 1.54) is 7.05 Å². The quantitative estimate of drug-likeness (QED) is 0.682. The standard InChI is InChI=1S/C15H18N2O4/c1-3-4-9-21-12-7-5-11(6-8-12)10-13(14(18)16-2)17-15(19)20/h5-8,13,17H,9-10H2,1-2H3,(H,16,18)(H,19,20)/t13-/m0/s1. The molecule has 0 spiro atoms. The molecule has 0 bridgehead atoms. The Labute approximate surface area is 123 Å². The number of carboxylic acid groups (broad SMARTS) is 1. The first-order chi connectivity index (χ1) is 10.1. The topological polar surface area (TPSA) is 87.7 Å². The van der Waals surface area contributed by atoms with Gasteiger partial charge in [-0.2, -0.15) is 0 Å². The molecule has 0 radical (unpaired) electrons. The first-order valence-electron chi connectivity index (χ1n) is 6.39. The first-order valence-corrected chi connectivity index (χ1v) is 6.39. The van der Waals surface area contributed by atoms with Crippen LogP contribution in [0.2, 0.25) is 0 Å². The zero-order valence-corrected chi connectivity index (χ0v) is 12.0. The van der Waals surface area contributed by atoms with E-state index < -0.39 is 12.1 Å². The highest BCUT2D eigenvalue weighted by Crippen LogP contribution is 2.13. The van der Waals surface area contributed by atoms with Gasteiger partial charge in [0.15, 0.2) is 0 Å². The minimum absolute atomic E-state index is 0.265. The molecule has 2 amide bonds. The molecule has 0 fully saturated rings. The zero-order valence-electron chi connectivity index (χ0n) is 12.0. The number of likely N-dealkylation sites (N-methyl/N-ethyl adjacent to an activating group) is 1. The van der Waals surface area contributed by atoms with Gasteiger partial charge in [0.2, 0.25) is 5.91 Å². The number of rotatable bonds is 6. The smallest absolute Gasteiger partial charge is 0.405 e. The fraction of sp³-hybridized carbons (Fsp3) is 0.333. The molecule has 0 aliphatic rings. The molecule has 3 N–H and O–H groups in total. The molecule has 21 heavy (non-hydrogen) atoms. The molecule has 1 aromatic rings. The van der Waals surface area contributed by atoms with Crippen LogP contribution in [0, 0.1) is 11.8 Å². The zero-order chi connectivity index (χ0) is 15.7. The lowest BCUT2D eigenvalue weighted by Gasteiger charge is -2.15. The van der Waals surface area contributed by atoms with Gasteiger partial charge in [-0.1, -0.05) is 18.1 Å². The van der Waals surface area contributed by atoms with Crippen molar-refractivity contribution in [2.45, 2.75) is 19.4 Å². The van der Waals surface area contributed by atoms with E-state index in [0.717, 1.165) is 5.56 Å². The van der Waals surface area contributed by atoms with E-state index in [4.69, 9.17) is 9.84 Å². The number of benzene rings is 1. The minimum Gasteiger partial charge on any atom is -0.481 e. The summed E-state index contributed by atoms with van der Waals surface area (Å²) in [6, 6.07) is 6.26. The van der Waals surface area contributed by atoms with Gasteiger partial charge < -0.3 is 20.5 Å². The maximum absolute atomic E-state index is 11.6. The van der Waals surface area contributed by atoms with E-state index in [-0.39, 0.29) is 12.3 Å². The Balaban J connectivity index is 2.68. The van der Waals surface area contributed by atoms with E-state index >= 15 is 0 Å². The van der Waals surface area contributed by atoms with E-state index in [1.807, 2.05) is 0 Å². The van der Waals surface area contributed by atoms with Crippen LogP contribution in [0.25, 0.3) is 0 Å². The van der Waals surface area contributed by atoms with Crippen LogP contribution in [0.3, 0.4) is 0 Å². The lowest BCUT2D eigenvalue weighted by atomic mass is 10.1. The van der Waals surface area contributed by atoms with Crippen molar-refractivity contribution in [2.24, 2.45) is 0 Å². The summed E-state index contributed by atoms with van der Waals surface area (Å²) in [5.41, 5.74) is 0.825. The second-order valence-corrected chi connectivity index (χ2v) is 4.18. The van der Waals surface area contributed by atoms with Gasteiger partial charge in [-0.25, -0.2) is 4.79 Å². The van der Waals surface area contributed by atoms with Gasteiger partial charge in [0.25, 0.3) is 0 Å². The molecule has 0 unspecified atom stereocenters. The summed E-state index contributed by atoms with van der Waals surface area (Å²) >= 11 is 0. The number of hydrogen-bond donors (Lipinski definition) is 3. The Hall–Kier alpha value is -2.68. The summed E-state index contributed by atoms with van der Waals surface area (Å²) in [4.78, 5) is 22.3. The average molecular weight is 290 g/mol. The molecule has 1 rings (SSSR count). The summed E-state index contributed by atoms with van der Waals surface area (Å²) in [6.45, 7) is 2.05. The van der Waals surface area contributed by atoms with Crippen LogP contribution in [0.1, 0.15) is 12.5 Å². The monoisotopic (exact) mass is 290 g/mol. The van der Waals surface area contributed by atoms with Gasteiger partial charge >= 0.3 is 6.09 Å². The van der Waals surface area contributed by atoms with Gasteiger partial charge in [0.05, 0.1) is 0 Å². The number of carbonyl (C=O) groups is 2. The molecule has 0 aromatic heterocycles. The van der Waals surface area contributed by atoms with Crippen molar-refractivity contribution in [3.05, 3.63) is 29.8 Å². The van der Waals surface area contributed by atoms with Gasteiger partial charge in [-0.05, 0) is 24.6 Å². The molecular formula is C15H18N2O4. The Morgan fingerprint density at radius 3 is 2.52 bits per heavy atom. The number of carbonyl (C=O) groups excluding carboxylic acids is 1. The third-order valence-electron chi connectivity index (χ3n) is 2.71. The predicted octanol–water partition coefficient (Wildman–Crippen LogP) is 1.01. The van der Waals surface area contributed by atoms with E-state index in [9.17, 15) is 9.59 Å². The van der Waals surface area contributed by atoms with Crippen molar-refractivity contribution < 1.29 is 19.4 Å². The molecule has 0 heterocycles. The van der Waals surface area contributed by atoms with Crippen LogP contribution < -0.4 is 15.4 Å². The third kappa shape index (κ3) is 5.87. The van der Waals surface area contributed by atoms with Gasteiger partial charge in [-0.15, -0.1) is 5.92 Å². The lowest BCUT2D eigenvalue weighted by Crippen LogP contribution is -2.46. The fourth-order valence-corrected chi connectivity index (χ4v) is 1.68. The third-order valence-corrected chi connectivity index (χ3v) is 2.71. The highest BCUT2D eigenvalue weighted by atomic mass is 16.5. The maximum atomic E-state index is 11.6. The Kier molecular flexibility index (Phi) is 6.61. The number of amides is 2. The van der Waals surface area contributed by atoms with Gasteiger partial charge in [0, 0.05) is 13.5 Å². The van der Waals surface area contributed by atoms with Crippen LogP contribution in [-0.4, -0.2) is 36.8 Å². The van der Waals surface area contributed by atoms with E-state index in [0.29, 0.717) is 12.4 Å². The van der Waals surface area contributed by atoms with E-state index in [2.05, 4.69) is 22.5 Å². The molecular weight excluding hydrogens is 272 g/mol. The fourth-order valence-electron chi connectivity index (χ4n) is 1.68. The Bertz CT molecular complexity index is 543. The maximum Gasteiger partial charge on any atom is 0.405 e. The molecule has 0 aliphatic heterocycles. The van der Waals surface area contributed by atoms with Crippen LogP contribution >= 0.6 is 0 Å². The highest BCUT2D eigenvalue weighted by molar-refractivity contribution is 5.85. The SMILES string of the molecule is CC#CCOc1ccc(C[C@H](NC(=O)O)C(=O)NC)cc1. The van der Waals surface area contributed by atoms with Crippen molar-refractivity contribution in [2.75, 3.05) is 13.7 Å². The highest BCUT2D eigenvalue weighted by Gasteiger charge is 2.19. The normalized spacial score (nSPS) is 10.8. The Morgan fingerprint density at radius 1 is 1.33 bits per heavy atom. The molecule has 1 atom stereocenters. The van der Waals surface area contributed by atoms with Crippen molar-refractivity contribution >= 4 is 12.0 Å². The summed E-state index contributed by atoms with van der Waals surface area (Å²) in [6.07, 6.45) is -0.970. The van der Waals surface area contributed by atoms with Crippen LogP contribution in [-0.2, 0) is 11.2 Å². The molecule has 6 heteroatoms. The average Bonchev–Trinajstić information content (AvgIpc) is 2.47. The number of ether oxygens (including phenoxy) is 1. The van der Waals surface area contributed by atoms with Crippen molar-refractivity contribution in [3.8, 4) is 17.6 Å².